The molecule has 3 heteroatoms. The van der Waals surface area contributed by atoms with Gasteiger partial charge in [-0.15, -0.1) is 11.3 Å². The monoisotopic (exact) mass is 364 g/mol. The number of pyridine rings is 2. The molecule has 1 fully saturated rings. The lowest BCUT2D eigenvalue weighted by Gasteiger charge is -2.21. The lowest BCUT2D eigenvalue weighted by Crippen LogP contribution is -2.06. The lowest BCUT2D eigenvalue weighted by atomic mass is 9.86. The third-order valence-corrected chi connectivity index (χ3v) is 6.55. The second kappa shape index (κ2) is 6.48. The number of rotatable bonds is 2. The molecule has 4 aromatic rings. The Balaban J connectivity index is 1.75. The predicted octanol–water partition coefficient (Wildman–Crippen LogP) is 6.87. The summed E-state index contributed by atoms with van der Waals surface area (Å²) in [6.07, 6.45) is 7.41. The van der Waals surface area contributed by atoms with Gasteiger partial charge in [0.15, 0.2) is 0 Å². The molecule has 3 aromatic heterocycles. The van der Waals surface area contributed by atoms with Gasteiger partial charge in [-0.2, -0.15) is 0 Å². The molecule has 0 spiro atoms. The zero-order valence-electron chi connectivity index (χ0n) is 20.3. The third-order valence-electron chi connectivity index (χ3n) is 5.27. The Kier molecular flexibility index (Phi) is 2.69. The maximum atomic E-state index is 8.47. The molecule has 0 unspecified atom stereocenters. The molecule has 1 aromatic carbocycles. The first-order chi connectivity index (χ1) is 15.3. The normalized spacial score (nSPS) is 19.5. The molecule has 0 bridgehead atoms. The quantitative estimate of drug-likeness (QED) is 0.388. The molecule has 2 nitrogen and oxygen atoms in total. The van der Waals surface area contributed by atoms with E-state index in [0.29, 0.717) is 11.5 Å². The molecule has 0 radical (unpaired) electrons. The van der Waals surface area contributed by atoms with Crippen molar-refractivity contribution in [1.82, 2.24) is 9.97 Å². The number of hydrogen-bond acceptors (Lipinski definition) is 3. The van der Waals surface area contributed by atoms with Gasteiger partial charge in [-0.05, 0) is 37.4 Å². The third kappa shape index (κ3) is 2.62. The first-order valence-corrected chi connectivity index (χ1v) is 9.87. The van der Waals surface area contributed by atoms with Crippen molar-refractivity contribution in [3.63, 3.8) is 0 Å². The van der Waals surface area contributed by atoms with E-state index in [0.717, 1.165) is 38.7 Å². The first kappa shape index (κ1) is 10.8. The van der Waals surface area contributed by atoms with Gasteiger partial charge in [0.1, 0.15) is 0 Å². The van der Waals surface area contributed by atoms with E-state index in [1.807, 2.05) is 30.5 Å². The lowest BCUT2D eigenvalue weighted by molar-refractivity contribution is 0.439. The molecule has 1 aliphatic rings. The second-order valence-corrected chi connectivity index (χ2v) is 7.91. The van der Waals surface area contributed by atoms with Crippen LogP contribution in [-0.2, 0) is 0 Å². The van der Waals surface area contributed by atoms with Crippen molar-refractivity contribution in [2.75, 3.05) is 0 Å². The smallest absolute Gasteiger partial charge is 0.0843 e. The number of fused-ring (bicyclic) bond motifs is 3. The fraction of sp³-hybridized carbons (Fsp3) is 0.304. The van der Waals surface area contributed by atoms with Crippen molar-refractivity contribution in [1.29, 1.82) is 0 Å². The van der Waals surface area contributed by atoms with E-state index >= 15 is 0 Å². The van der Waals surface area contributed by atoms with Crippen LogP contribution in [0.1, 0.15) is 57.5 Å². The van der Waals surface area contributed by atoms with Gasteiger partial charge in [0.2, 0.25) is 0 Å². The van der Waals surface area contributed by atoms with E-state index in [9.17, 15) is 0 Å². The summed E-state index contributed by atoms with van der Waals surface area (Å²) in [4.78, 5) is 8.94. The van der Waals surface area contributed by atoms with Crippen LogP contribution in [-0.4, -0.2) is 9.97 Å². The van der Waals surface area contributed by atoms with Crippen molar-refractivity contribution < 1.29 is 8.22 Å². The van der Waals surface area contributed by atoms with Gasteiger partial charge in [-0.25, -0.2) is 0 Å². The summed E-state index contributed by atoms with van der Waals surface area (Å²) in [5.74, 6) is 0.451. The zero-order chi connectivity index (χ0) is 22.6. The number of benzene rings is 1. The largest absolute Gasteiger partial charge is 0.259 e. The summed E-state index contributed by atoms with van der Waals surface area (Å²) >= 11 is 1.61. The van der Waals surface area contributed by atoms with Gasteiger partial charge in [-0.1, -0.05) is 43.5 Å². The Morgan fingerprint density at radius 2 is 1.92 bits per heavy atom. The van der Waals surface area contributed by atoms with E-state index in [-0.39, 0.29) is 11.7 Å². The highest BCUT2D eigenvalue weighted by atomic mass is 32.1. The van der Waals surface area contributed by atoms with E-state index in [4.69, 9.17) is 13.2 Å². The van der Waals surface area contributed by atoms with Crippen LogP contribution in [0.5, 0.6) is 0 Å². The first-order valence-electron chi connectivity index (χ1n) is 12.1. The minimum atomic E-state index is -2.65. The standard InChI is InChI=1S/C23H22N2S/c1-15-10-11-20(25-14-15)19-9-5-8-17-18-12-13-24-21(23(18)26-22(17)19)16-6-3-2-4-7-16/h5,8-14,16H,2-4,6-7H2,1H3/i1D3,10D,11D,14D. The Morgan fingerprint density at radius 1 is 1.04 bits per heavy atom. The molecule has 0 aliphatic heterocycles. The molecule has 1 saturated carbocycles. The minimum Gasteiger partial charge on any atom is -0.259 e. The van der Waals surface area contributed by atoms with Crippen LogP contribution in [0.2, 0.25) is 0 Å². The van der Waals surface area contributed by atoms with Crippen LogP contribution < -0.4 is 0 Å². The van der Waals surface area contributed by atoms with Gasteiger partial charge >= 0.3 is 0 Å². The van der Waals surface area contributed by atoms with Gasteiger partial charge in [0.25, 0.3) is 0 Å². The van der Waals surface area contributed by atoms with Crippen LogP contribution in [0.4, 0.5) is 0 Å². The van der Waals surface area contributed by atoms with Crippen LogP contribution in [0.25, 0.3) is 31.4 Å². The molecule has 130 valence electrons. The second-order valence-electron chi connectivity index (χ2n) is 6.89. The van der Waals surface area contributed by atoms with E-state index in [1.165, 1.54) is 19.3 Å². The molecule has 0 saturated heterocycles. The summed E-state index contributed by atoms with van der Waals surface area (Å²) in [6, 6.07) is 7.05. The predicted molar refractivity (Wildman–Crippen MR) is 111 cm³/mol. The van der Waals surface area contributed by atoms with Crippen LogP contribution in [0, 0.1) is 6.85 Å². The highest BCUT2D eigenvalue weighted by molar-refractivity contribution is 7.26. The van der Waals surface area contributed by atoms with Crippen molar-refractivity contribution in [2.24, 2.45) is 0 Å². The summed E-state index contributed by atoms with van der Waals surface area (Å²) in [6.45, 7) is -2.65. The number of thiophene rings is 1. The average molecular weight is 365 g/mol. The van der Waals surface area contributed by atoms with Gasteiger partial charge in [0, 0.05) is 43.4 Å². The highest BCUT2D eigenvalue weighted by Crippen LogP contribution is 2.43. The molecule has 0 N–H and O–H groups in total. The Bertz CT molecular complexity index is 1340. The van der Waals surface area contributed by atoms with Crippen LogP contribution >= 0.6 is 11.3 Å². The summed E-state index contributed by atoms with van der Waals surface area (Å²) in [5, 5.41) is 2.14. The topological polar surface area (TPSA) is 25.8 Å². The SMILES string of the molecule is [2H]c1nc(-c2cccc3c2sc2c(C4CCCCC4)nccc23)c([2H])c([2H])c1C([2H])([2H])[2H]. The summed E-state index contributed by atoms with van der Waals surface area (Å²) in [5.41, 5.74) is 1.49. The maximum Gasteiger partial charge on any atom is 0.0843 e. The number of aromatic nitrogens is 2. The molecule has 5 rings (SSSR count). The number of nitrogens with zero attached hydrogens (tertiary/aromatic N) is 2. The number of hydrogen-bond donors (Lipinski definition) is 0. The van der Waals surface area contributed by atoms with Gasteiger partial charge < -0.3 is 0 Å². The zero-order valence-corrected chi connectivity index (χ0v) is 15.1. The Labute approximate surface area is 166 Å². The summed E-state index contributed by atoms with van der Waals surface area (Å²) < 4.78 is 49.8. The minimum absolute atomic E-state index is 0.178. The average Bonchev–Trinajstić information content (AvgIpc) is 3.15. The molecular weight excluding hydrogens is 336 g/mol. The van der Waals surface area contributed by atoms with E-state index in [1.54, 1.807) is 11.3 Å². The van der Waals surface area contributed by atoms with E-state index < -0.39 is 24.6 Å². The van der Waals surface area contributed by atoms with Crippen molar-refractivity contribution >= 4 is 31.5 Å². The van der Waals surface area contributed by atoms with Crippen LogP contribution in [0.15, 0.2) is 48.7 Å². The molecule has 1 aliphatic carbocycles. The fourth-order valence-electron chi connectivity index (χ4n) is 4.02. The Morgan fingerprint density at radius 3 is 2.81 bits per heavy atom. The Hall–Kier alpha value is -2.26. The van der Waals surface area contributed by atoms with Gasteiger partial charge in [0.05, 0.1) is 20.2 Å². The summed E-state index contributed by atoms with van der Waals surface area (Å²) in [7, 11) is 0. The van der Waals surface area contributed by atoms with Crippen LogP contribution in [0.3, 0.4) is 0 Å². The molecule has 0 atom stereocenters. The molecule has 26 heavy (non-hydrogen) atoms. The van der Waals surface area contributed by atoms with Crippen molar-refractivity contribution in [3.8, 4) is 11.3 Å². The van der Waals surface area contributed by atoms with Gasteiger partial charge in [-0.3, -0.25) is 9.97 Å². The maximum absolute atomic E-state index is 8.47. The highest BCUT2D eigenvalue weighted by Gasteiger charge is 2.21. The molecule has 3 heterocycles. The van der Waals surface area contributed by atoms with E-state index in [2.05, 4.69) is 4.98 Å². The fourth-order valence-corrected chi connectivity index (χ4v) is 5.39. The van der Waals surface area contributed by atoms with Crippen molar-refractivity contribution in [3.05, 3.63) is 60.0 Å². The van der Waals surface area contributed by atoms with Crippen molar-refractivity contribution in [2.45, 2.75) is 44.9 Å². The molecule has 0 amide bonds. The molecular formula is C23H22N2S.